The summed E-state index contributed by atoms with van der Waals surface area (Å²) < 4.78 is 13.7. The number of rotatable bonds is 3. The third-order valence-corrected chi connectivity index (χ3v) is 3.81. The van der Waals surface area contributed by atoms with Gasteiger partial charge in [-0.15, -0.1) is 0 Å². The van der Waals surface area contributed by atoms with E-state index >= 15 is 0 Å². The van der Waals surface area contributed by atoms with Crippen molar-refractivity contribution in [3.63, 3.8) is 0 Å². The summed E-state index contributed by atoms with van der Waals surface area (Å²) in [6.07, 6.45) is 3.06. The Morgan fingerprint density at radius 1 is 1.39 bits per heavy atom. The molecule has 0 bridgehead atoms. The van der Waals surface area contributed by atoms with Gasteiger partial charge in [0.1, 0.15) is 11.6 Å². The molecule has 1 saturated carbocycles. The number of Topliss-reactive ketones (excluding diaryl/α,β-unsaturated/α-hetero) is 1. The van der Waals surface area contributed by atoms with Crippen LogP contribution < -0.4 is 0 Å². The predicted octanol–water partition coefficient (Wildman–Crippen LogP) is 3.42. The summed E-state index contributed by atoms with van der Waals surface area (Å²) >= 11 is 5.73. The summed E-state index contributed by atoms with van der Waals surface area (Å²) in [7, 11) is 1.98. The molecule has 1 aliphatic rings. The Kier molecular flexibility index (Phi) is 4.36. The van der Waals surface area contributed by atoms with E-state index in [1.165, 1.54) is 6.07 Å². The molecule has 2 rings (SSSR count). The van der Waals surface area contributed by atoms with Gasteiger partial charge in [-0.1, -0.05) is 17.7 Å². The van der Waals surface area contributed by atoms with Crippen LogP contribution in [0.5, 0.6) is 0 Å². The molecule has 0 amide bonds. The van der Waals surface area contributed by atoms with E-state index in [9.17, 15) is 9.18 Å². The topological polar surface area (TPSA) is 20.3 Å². The fraction of sp³-hybridized carbons (Fsp3) is 0.500. The van der Waals surface area contributed by atoms with Crippen LogP contribution in [0.3, 0.4) is 0 Å². The number of nitrogens with zero attached hydrogens (tertiary/aromatic N) is 1. The van der Waals surface area contributed by atoms with Crippen LogP contribution in [0.1, 0.15) is 31.2 Å². The van der Waals surface area contributed by atoms with Crippen LogP contribution in [0.25, 0.3) is 0 Å². The van der Waals surface area contributed by atoms with Gasteiger partial charge in [-0.2, -0.15) is 0 Å². The standard InChI is InChI=1S/C14H17ClFNO/c1-17(12-4-6-13(18)7-5-12)9-10-2-3-11(15)8-14(10)16/h2-3,8,12H,4-7,9H2,1H3. The summed E-state index contributed by atoms with van der Waals surface area (Å²) in [4.78, 5) is 13.3. The number of carbonyl (C=O) groups is 1. The van der Waals surface area contributed by atoms with Crippen LogP contribution in [0.15, 0.2) is 18.2 Å². The molecule has 98 valence electrons. The molecule has 0 spiro atoms. The lowest BCUT2D eigenvalue weighted by Gasteiger charge is -2.30. The molecular weight excluding hydrogens is 253 g/mol. The number of ketones is 1. The highest BCUT2D eigenvalue weighted by molar-refractivity contribution is 6.30. The van der Waals surface area contributed by atoms with E-state index in [0.29, 0.717) is 41.8 Å². The van der Waals surface area contributed by atoms with E-state index in [1.54, 1.807) is 12.1 Å². The molecule has 0 unspecified atom stereocenters. The van der Waals surface area contributed by atoms with Crippen molar-refractivity contribution in [2.45, 2.75) is 38.3 Å². The van der Waals surface area contributed by atoms with Crippen LogP contribution in [0, 0.1) is 5.82 Å². The maximum Gasteiger partial charge on any atom is 0.133 e. The highest BCUT2D eigenvalue weighted by Gasteiger charge is 2.22. The van der Waals surface area contributed by atoms with Crippen molar-refractivity contribution in [3.05, 3.63) is 34.6 Å². The first-order valence-corrected chi connectivity index (χ1v) is 6.60. The van der Waals surface area contributed by atoms with Crippen LogP contribution in [0.2, 0.25) is 5.02 Å². The van der Waals surface area contributed by atoms with Crippen LogP contribution >= 0.6 is 11.6 Å². The molecule has 1 aromatic carbocycles. The van der Waals surface area contributed by atoms with Gasteiger partial charge in [0.05, 0.1) is 0 Å². The van der Waals surface area contributed by atoms with E-state index in [0.717, 1.165) is 12.8 Å². The molecule has 1 aromatic rings. The van der Waals surface area contributed by atoms with Gasteiger partial charge in [0, 0.05) is 36.0 Å². The number of benzene rings is 1. The zero-order valence-electron chi connectivity index (χ0n) is 10.5. The highest BCUT2D eigenvalue weighted by atomic mass is 35.5. The average Bonchev–Trinajstić information content (AvgIpc) is 2.33. The number of halogens is 2. The van der Waals surface area contributed by atoms with Gasteiger partial charge in [0.25, 0.3) is 0 Å². The number of hydrogen-bond donors (Lipinski definition) is 0. The number of hydrogen-bond acceptors (Lipinski definition) is 2. The van der Waals surface area contributed by atoms with Crippen LogP contribution in [0.4, 0.5) is 4.39 Å². The Morgan fingerprint density at radius 2 is 2.06 bits per heavy atom. The van der Waals surface area contributed by atoms with Crippen molar-refractivity contribution in [1.82, 2.24) is 4.90 Å². The first kappa shape index (κ1) is 13.5. The van der Waals surface area contributed by atoms with Gasteiger partial charge < -0.3 is 0 Å². The summed E-state index contributed by atoms with van der Waals surface area (Å²) in [5, 5.41) is 0.419. The average molecular weight is 270 g/mol. The first-order chi connectivity index (χ1) is 8.56. The molecule has 2 nitrogen and oxygen atoms in total. The molecule has 0 aliphatic heterocycles. The van der Waals surface area contributed by atoms with Crippen molar-refractivity contribution in [2.24, 2.45) is 0 Å². The fourth-order valence-corrected chi connectivity index (χ4v) is 2.57. The minimum Gasteiger partial charge on any atom is -0.300 e. The van der Waals surface area contributed by atoms with E-state index in [-0.39, 0.29) is 5.82 Å². The lowest BCUT2D eigenvalue weighted by Crippen LogP contribution is -2.35. The normalized spacial score (nSPS) is 17.4. The Bertz CT molecular complexity index is 439. The summed E-state index contributed by atoms with van der Waals surface area (Å²) in [5.74, 6) is 0.0820. The molecule has 0 atom stereocenters. The van der Waals surface area contributed by atoms with E-state index < -0.39 is 0 Å². The molecule has 0 radical (unpaired) electrons. The molecule has 0 N–H and O–H groups in total. The Morgan fingerprint density at radius 3 is 2.67 bits per heavy atom. The zero-order valence-corrected chi connectivity index (χ0v) is 11.2. The Labute approximate surface area is 112 Å². The maximum atomic E-state index is 13.7. The van der Waals surface area contributed by atoms with Crippen molar-refractivity contribution < 1.29 is 9.18 Å². The molecule has 0 heterocycles. The summed E-state index contributed by atoms with van der Waals surface area (Å²) in [6, 6.07) is 5.15. The van der Waals surface area contributed by atoms with Crippen LogP contribution in [-0.4, -0.2) is 23.8 Å². The van der Waals surface area contributed by atoms with Gasteiger partial charge >= 0.3 is 0 Å². The monoisotopic (exact) mass is 269 g/mol. The molecule has 0 aromatic heterocycles. The minimum absolute atomic E-state index is 0.263. The van der Waals surface area contributed by atoms with Crippen LogP contribution in [-0.2, 0) is 11.3 Å². The second kappa shape index (κ2) is 5.81. The molecule has 0 saturated heterocycles. The Balaban J connectivity index is 1.98. The predicted molar refractivity (Wildman–Crippen MR) is 70.1 cm³/mol. The molecular formula is C14H17ClFNO. The first-order valence-electron chi connectivity index (χ1n) is 6.22. The molecule has 1 aliphatic carbocycles. The zero-order chi connectivity index (χ0) is 13.1. The third-order valence-electron chi connectivity index (χ3n) is 3.57. The lowest BCUT2D eigenvalue weighted by molar-refractivity contribution is -0.121. The SMILES string of the molecule is CN(Cc1ccc(Cl)cc1F)C1CCC(=O)CC1. The van der Waals surface area contributed by atoms with Gasteiger partial charge in [-0.25, -0.2) is 4.39 Å². The van der Waals surface area contributed by atoms with E-state index in [1.807, 2.05) is 7.05 Å². The van der Waals surface area contributed by atoms with Crippen molar-refractivity contribution in [3.8, 4) is 0 Å². The maximum absolute atomic E-state index is 13.7. The summed E-state index contributed by atoms with van der Waals surface area (Å²) in [5.41, 5.74) is 0.652. The van der Waals surface area contributed by atoms with E-state index in [2.05, 4.69) is 4.90 Å². The second-order valence-electron chi connectivity index (χ2n) is 4.92. The third kappa shape index (κ3) is 3.30. The largest absolute Gasteiger partial charge is 0.300 e. The second-order valence-corrected chi connectivity index (χ2v) is 5.36. The summed E-state index contributed by atoms with van der Waals surface area (Å²) in [6.45, 7) is 0.557. The fourth-order valence-electron chi connectivity index (χ4n) is 2.41. The highest BCUT2D eigenvalue weighted by Crippen LogP contribution is 2.22. The van der Waals surface area contributed by atoms with Gasteiger partial charge in [-0.05, 0) is 32.0 Å². The van der Waals surface area contributed by atoms with Gasteiger partial charge in [-0.3, -0.25) is 9.69 Å². The van der Waals surface area contributed by atoms with Gasteiger partial charge in [0.2, 0.25) is 0 Å². The Hall–Kier alpha value is -0.930. The molecule has 18 heavy (non-hydrogen) atoms. The molecule has 1 fully saturated rings. The minimum atomic E-state index is -0.263. The quantitative estimate of drug-likeness (QED) is 0.838. The van der Waals surface area contributed by atoms with Crippen molar-refractivity contribution >= 4 is 17.4 Å². The van der Waals surface area contributed by atoms with Gasteiger partial charge in [0.15, 0.2) is 0 Å². The molecule has 4 heteroatoms. The van der Waals surface area contributed by atoms with Crippen molar-refractivity contribution in [1.29, 1.82) is 0 Å². The van der Waals surface area contributed by atoms with E-state index in [4.69, 9.17) is 11.6 Å². The smallest absolute Gasteiger partial charge is 0.133 e. The number of carbonyl (C=O) groups excluding carboxylic acids is 1. The van der Waals surface area contributed by atoms with Crippen molar-refractivity contribution in [2.75, 3.05) is 7.05 Å². The lowest BCUT2D eigenvalue weighted by atomic mass is 9.93.